The zero-order valence-electron chi connectivity index (χ0n) is 14.8. The fourth-order valence-electron chi connectivity index (χ4n) is 3.25. The smallest absolute Gasteiger partial charge is 0.306 e. The summed E-state index contributed by atoms with van der Waals surface area (Å²) in [4.78, 5) is 38.5. The molecule has 1 saturated heterocycles. The van der Waals surface area contributed by atoms with Crippen LogP contribution in [0.2, 0.25) is 0 Å². The molecule has 2 aliphatic rings. The van der Waals surface area contributed by atoms with Crippen LogP contribution in [0.1, 0.15) is 45.4 Å². The van der Waals surface area contributed by atoms with Gasteiger partial charge in [-0.25, -0.2) is 0 Å². The molecule has 2 heterocycles. The van der Waals surface area contributed by atoms with Crippen LogP contribution in [-0.4, -0.2) is 59.6 Å². The quantitative estimate of drug-likeness (QED) is 0.575. The number of nitrogens with zero attached hydrogens (tertiary/aromatic N) is 1. The van der Waals surface area contributed by atoms with Crippen LogP contribution >= 0.6 is 0 Å². The van der Waals surface area contributed by atoms with Gasteiger partial charge in [0, 0.05) is 25.4 Å². The molecule has 0 aromatic heterocycles. The third kappa shape index (κ3) is 5.85. The van der Waals surface area contributed by atoms with Gasteiger partial charge in [0.2, 0.25) is 11.8 Å². The van der Waals surface area contributed by atoms with Crippen molar-refractivity contribution in [3.05, 3.63) is 12.2 Å². The van der Waals surface area contributed by atoms with Gasteiger partial charge >= 0.3 is 5.97 Å². The van der Waals surface area contributed by atoms with Crippen molar-refractivity contribution in [3.63, 3.8) is 0 Å². The summed E-state index contributed by atoms with van der Waals surface area (Å²) in [6.45, 7) is 2.44. The predicted octanol–water partition coefficient (Wildman–Crippen LogP) is 0.764. The molecule has 0 aliphatic carbocycles. The lowest BCUT2D eigenvalue weighted by Crippen LogP contribution is -2.44. The van der Waals surface area contributed by atoms with Gasteiger partial charge in [0.1, 0.15) is 6.61 Å². The van der Waals surface area contributed by atoms with Crippen molar-refractivity contribution in [2.45, 2.75) is 57.5 Å². The van der Waals surface area contributed by atoms with E-state index in [2.05, 4.69) is 5.32 Å². The number of nitrogens with one attached hydrogen (secondary N) is 1. The molecule has 2 aliphatic heterocycles. The van der Waals surface area contributed by atoms with Gasteiger partial charge in [-0.3, -0.25) is 14.4 Å². The maximum Gasteiger partial charge on any atom is 0.306 e. The number of aliphatic hydroxyl groups is 1. The Hall–Kier alpha value is -1.89. The van der Waals surface area contributed by atoms with Crippen LogP contribution in [0.3, 0.4) is 0 Å². The van der Waals surface area contributed by atoms with Crippen molar-refractivity contribution in [2.24, 2.45) is 5.92 Å². The number of hydrogen-bond donors (Lipinski definition) is 2. The third-order valence-electron chi connectivity index (χ3n) is 4.66. The monoisotopic (exact) mass is 352 g/mol. The highest BCUT2D eigenvalue weighted by Crippen LogP contribution is 2.24. The third-order valence-corrected chi connectivity index (χ3v) is 4.66. The molecular formula is C18H28N2O5. The number of ether oxygens (including phenoxy) is 1. The highest BCUT2D eigenvalue weighted by Gasteiger charge is 2.34. The molecule has 1 fully saturated rings. The van der Waals surface area contributed by atoms with E-state index >= 15 is 0 Å². The van der Waals surface area contributed by atoms with Gasteiger partial charge in [-0.05, 0) is 32.6 Å². The van der Waals surface area contributed by atoms with Crippen molar-refractivity contribution >= 4 is 17.8 Å². The van der Waals surface area contributed by atoms with Gasteiger partial charge in [0.05, 0.1) is 18.6 Å². The SMILES string of the molecule is CC(CO)NC(=O)CC1CC=CCCC(=O)OCC2CCCN2C1=O. The van der Waals surface area contributed by atoms with Gasteiger partial charge < -0.3 is 20.1 Å². The lowest BCUT2D eigenvalue weighted by atomic mass is 9.97. The average Bonchev–Trinajstić information content (AvgIpc) is 3.05. The second-order valence-corrected chi connectivity index (χ2v) is 6.81. The Balaban J connectivity index is 2.08. The highest BCUT2D eigenvalue weighted by molar-refractivity contribution is 5.86. The van der Waals surface area contributed by atoms with Crippen LogP contribution < -0.4 is 5.32 Å². The Labute approximate surface area is 148 Å². The first-order valence-electron chi connectivity index (χ1n) is 9.02. The summed E-state index contributed by atoms with van der Waals surface area (Å²) in [5.41, 5.74) is 0. The summed E-state index contributed by atoms with van der Waals surface area (Å²) in [5.74, 6) is -0.963. The van der Waals surface area contributed by atoms with Crippen LogP contribution in [0, 0.1) is 5.92 Å². The van der Waals surface area contributed by atoms with Crippen molar-refractivity contribution in [3.8, 4) is 0 Å². The lowest BCUT2D eigenvalue weighted by Gasteiger charge is -2.28. The van der Waals surface area contributed by atoms with E-state index in [1.165, 1.54) is 0 Å². The number of esters is 1. The molecule has 0 bridgehead atoms. The predicted molar refractivity (Wildman–Crippen MR) is 91.5 cm³/mol. The second kappa shape index (κ2) is 9.56. The van der Waals surface area contributed by atoms with Crippen molar-refractivity contribution < 1.29 is 24.2 Å². The second-order valence-electron chi connectivity index (χ2n) is 6.81. The molecule has 2 amide bonds. The van der Waals surface area contributed by atoms with E-state index < -0.39 is 5.92 Å². The largest absolute Gasteiger partial charge is 0.463 e. The van der Waals surface area contributed by atoms with Crippen molar-refractivity contribution in [1.29, 1.82) is 0 Å². The first kappa shape index (κ1) is 19.4. The van der Waals surface area contributed by atoms with Gasteiger partial charge in [-0.15, -0.1) is 0 Å². The topological polar surface area (TPSA) is 95.9 Å². The molecule has 7 heteroatoms. The van der Waals surface area contributed by atoms with Gasteiger partial charge in [-0.1, -0.05) is 12.2 Å². The first-order valence-corrected chi connectivity index (χ1v) is 9.02. The Kier molecular flexibility index (Phi) is 7.43. The van der Waals surface area contributed by atoms with Crippen LogP contribution in [0.15, 0.2) is 12.2 Å². The van der Waals surface area contributed by atoms with E-state index in [0.717, 1.165) is 12.8 Å². The number of amides is 2. The minimum absolute atomic E-state index is 0.0597. The molecule has 0 aromatic carbocycles. The van der Waals surface area contributed by atoms with E-state index in [0.29, 0.717) is 25.8 Å². The first-order chi connectivity index (χ1) is 12.0. The molecule has 25 heavy (non-hydrogen) atoms. The molecule has 0 aromatic rings. The summed E-state index contributed by atoms with van der Waals surface area (Å²) < 4.78 is 5.29. The van der Waals surface area contributed by atoms with Crippen LogP contribution in [0.5, 0.6) is 0 Å². The van der Waals surface area contributed by atoms with Crippen molar-refractivity contribution in [2.75, 3.05) is 19.8 Å². The Morgan fingerprint density at radius 1 is 1.44 bits per heavy atom. The number of fused-ring (bicyclic) bond motifs is 1. The van der Waals surface area contributed by atoms with Crippen molar-refractivity contribution in [1.82, 2.24) is 10.2 Å². The van der Waals surface area contributed by atoms with Crippen LogP contribution in [0.25, 0.3) is 0 Å². The average molecular weight is 352 g/mol. The van der Waals surface area contributed by atoms with Gasteiger partial charge in [0.15, 0.2) is 0 Å². The summed E-state index contributed by atoms with van der Waals surface area (Å²) in [6.07, 6.45) is 6.89. The van der Waals surface area contributed by atoms with Gasteiger partial charge in [0.25, 0.3) is 0 Å². The number of hydrogen-bond acceptors (Lipinski definition) is 5. The lowest BCUT2D eigenvalue weighted by molar-refractivity contribution is -0.148. The Bertz CT molecular complexity index is 520. The fourth-order valence-corrected chi connectivity index (χ4v) is 3.25. The standard InChI is InChI=1S/C18H28N2O5/c1-13(11-21)19-16(22)10-14-6-3-2-4-8-17(23)25-12-15-7-5-9-20(15)18(14)24/h2-3,13-15,21H,4-12H2,1H3,(H,19,22). The Morgan fingerprint density at radius 2 is 2.24 bits per heavy atom. The molecule has 0 spiro atoms. The maximum absolute atomic E-state index is 12.9. The molecular weight excluding hydrogens is 324 g/mol. The Morgan fingerprint density at radius 3 is 3.00 bits per heavy atom. The number of rotatable bonds is 4. The molecule has 3 unspecified atom stereocenters. The van der Waals surface area contributed by atoms with Gasteiger partial charge in [-0.2, -0.15) is 0 Å². The highest BCUT2D eigenvalue weighted by atomic mass is 16.5. The number of carbonyl (C=O) groups is 3. The summed E-state index contributed by atoms with van der Waals surface area (Å²) >= 11 is 0. The summed E-state index contributed by atoms with van der Waals surface area (Å²) in [7, 11) is 0. The number of allylic oxidation sites excluding steroid dienone is 2. The van der Waals surface area contributed by atoms with E-state index in [1.807, 2.05) is 12.2 Å². The normalized spacial score (nSPS) is 26.2. The summed E-state index contributed by atoms with van der Waals surface area (Å²) in [6, 6.07) is -0.426. The number of aliphatic hydroxyl groups excluding tert-OH is 1. The number of cyclic esters (lactones) is 1. The molecule has 140 valence electrons. The molecule has 0 radical (unpaired) electrons. The van der Waals surface area contributed by atoms with E-state index in [1.54, 1.807) is 11.8 Å². The molecule has 0 saturated carbocycles. The minimum atomic E-state index is -0.433. The zero-order valence-corrected chi connectivity index (χ0v) is 14.8. The van der Waals surface area contributed by atoms with Crippen LogP contribution in [-0.2, 0) is 19.1 Å². The fraction of sp³-hybridized carbons (Fsp3) is 0.722. The molecule has 2 N–H and O–H groups in total. The molecule has 7 nitrogen and oxygen atoms in total. The molecule has 2 rings (SSSR count). The number of carbonyl (C=O) groups excluding carboxylic acids is 3. The van der Waals surface area contributed by atoms with E-state index in [4.69, 9.17) is 9.84 Å². The van der Waals surface area contributed by atoms with E-state index in [-0.39, 0.29) is 49.5 Å². The molecule has 3 atom stereocenters. The maximum atomic E-state index is 12.9. The van der Waals surface area contributed by atoms with Crippen LogP contribution in [0.4, 0.5) is 0 Å². The van der Waals surface area contributed by atoms with E-state index in [9.17, 15) is 14.4 Å². The minimum Gasteiger partial charge on any atom is -0.463 e. The summed E-state index contributed by atoms with van der Waals surface area (Å²) in [5, 5.41) is 11.7. The zero-order chi connectivity index (χ0) is 18.2.